The number of hydrogen-bond donors (Lipinski definition) is 1. The van der Waals surface area contributed by atoms with Crippen LogP contribution in [0.25, 0.3) is 100 Å². The number of phenolic OH excluding ortho intramolecular Hbond substituents is 1. The fourth-order valence-electron chi connectivity index (χ4n) is 8.97. The van der Waals surface area contributed by atoms with E-state index in [9.17, 15) is 5.11 Å². The van der Waals surface area contributed by atoms with E-state index in [1.165, 1.54) is 5.56 Å². The standard InChI is InChI=1S/C58H43N4O.Pt/c1-58(2,3)43-30-31-52(48(35-43)39-20-9-5-10-21-39)62-53-28-17-26-45(56(53)60-57(62)47-25-14-16-29-55(47)63)41-32-40(38-18-7-4-8-19-38)33-42(34-41)50-36-49-46-24-13-15-27-51(46)61(54(49)37-59-50)44-22-11-6-12-23-44;/h4-33,35-37,63H,1-3H3;/q-1;. The van der Waals surface area contributed by atoms with Gasteiger partial charge in [0.05, 0.1) is 33.3 Å². The van der Waals surface area contributed by atoms with Gasteiger partial charge in [-0.05, 0) is 70.6 Å². The Labute approximate surface area is 387 Å². The molecule has 64 heavy (non-hydrogen) atoms. The van der Waals surface area contributed by atoms with Crippen molar-refractivity contribution in [2.45, 2.75) is 26.2 Å². The summed E-state index contributed by atoms with van der Waals surface area (Å²) in [5.41, 5.74) is 15.6. The Bertz CT molecular complexity index is 3490. The van der Waals surface area contributed by atoms with Gasteiger partial charge in [0.2, 0.25) is 0 Å². The maximum Gasteiger partial charge on any atom is 0.148 e. The first-order chi connectivity index (χ1) is 30.8. The largest absolute Gasteiger partial charge is 0.507 e. The summed E-state index contributed by atoms with van der Waals surface area (Å²) in [7, 11) is 0. The molecule has 11 rings (SSSR count). The number of pyridine rings is 1. The number of nitrogens with zero attached hydrogens (tertiary/aromatic N) is 4. The molecule has 8 aromatic carbocycles. The van der Waals surface area contributed by atoms with Crippen LogP contribution in [-0.4, -0.2) is 24.2 Å². The molecule has 0 bridgehead atoms. The molecule has 0 amide bonds. The average molecular weight is 1010 g/mol. The van der Waals surface area contributed by atoms with Gasteiger partial charge >= 0.3 is 0 Å². The smallest absolute Gasteiger partial charge is 0.148 e. The molecular formula is C58H43N4OPt-. The van der Waals surface area contributed by atoms with Gasteiger partial charge in [-0.2, -0.15) is 0 Å². The maximum absolute atomic E-state index is 11.4. The molecule has 0 radical (unpaired) electrons. The molecule has 6 heteroatoms. The van der Waals surface area contributed by atoms with Crippen molar-refractivity contribution >= 4 is 32.8 Å². The Balaban J connectivity index is 0.00000484. The SMILES string of the molecule is CC(C)(C)c1ccc(-n2c(-c3ccccc3O)nc3c(-c4[c-]c(-c5cc6c7ccccc7n(-c7ccccc7)c6cn5)cc(-c5ccccc5)c4)cccc32)c(-c2ccccc2)c1.[Pt]. The summed E-state index contributed by atoms with van der Waals surface area (Å²) in [6, 6.07) is 71.0. The van der Waals surface area contributed by atoms with Crippen LogP contribution in [0.5, 0.6) is 5.75 Å². The first-order valence-electron chi connectivity index (χ1n) is 21.4. The summed E-state index contributed by atoms with van der Waals surface area (Å²) in [5.74, 6) is 0.816. The van der Waals surface area contributed by atoms with Gasteiger partial charge in [0.15, 0.2) is 0 Å². The number of phenols is 1. The predicted octanol–water partition coefficient (Wildman–Crippen LogP) is 14.7. The second kappa shape index (κ2) is 16.4. The van der Waals surface area contributed by atoms with Crippen LogP contribution in [0, 0.1) is 6.07 Å². The summed E-state index contributed by atoms with van der Waals surface area (Å²) in [6.07, 6.45) is 2.00. The molecule has 11 aromatic rings. The molecule has 0 spiro atoms. The molecule has 1 N–H and O–H groups in total. The van der Waals surface area contributed by atoms with Crippen molar-refractivity contribution in [3.63, 3.8) is 0 Å². The molecule has 0 saturated carbocycles. The average Bonchev–Trinajstić information content (AvgIpc) is 3.88. The number of fused-ring (bicyclic) bond motifs is 4. The quantitative estimate of drug-likeness (QED) is 0.162. The maximum atomic E-state index is 11.4. The minimum absolute atomic E-state index is 0. The third-order valence-electron chi connectivity index (χ3n) is 12.1. The van der Waals surface area contributed by atoms with Gasteiger partial charge in [-0.25, -0.2) is 4.98 Å². The summed E-state index contributed by atoms with van der Waals surface area (Å²) in [4.78, 5) is 10.6. The third-order valence-corrected chi connectivity index (χ3v) is 12.1. The summed E-state index contributed by atoms with van der Waals surface area (Å²) in [6.45, 7) is 6.73. The van der Waals surface area contributed by atoms with Crippen LogP contribution in [-0.2, 0) is 26.5 Å². The normalized spacial score (nSPS) is 11.6. The molecule has 312 valence electrons. The number of aromatic hydroxyl groups is 1. The van der Waals surface area contributed by atoms with Crippen molar-refractivity contribution in [3.8, 4) is 73.2 Å². The van der Waals surface area contributed by atoms with E-state index in [2.05, 4.69) is 188 Å². The zero-order valence-corrected chi connectivity index (χ0v) is 37.9. The zero-order valence-electron chi connectivity index (χ0n) is 35.6. The summed E-state index contributed by atoms with van der Waals surface area (Å²) in [5, 5.41) is 13.7. The molecule has 3 heterocycles. The van der Waals surface area contributed by atoms with Crippen molar-refractivity contribution in [1.82, 2.24) is 19.1 Å². The molecule has 0 unspecified atom stereocenters. The molecule has 0 aliphatic rings. The second-order valence-electron chi connectivity index (χ2n) is 17.1. The predicted molar refractivity (Wildman–Crippen MR) is 260 cm³/mol. The first kappa shape index (κ1) is 40.7. The number of benzene rings is 8. The second-order valence-corrected chi connectivity index (χ2v) is 17.1. The van der Waals surface area contributed by atoms with Gasteiger partial charge in [-0.3, -0.25) is 9.55 Å². The van der Waals surface area contributed by atoms with E-state index in [0.29, 0.717) is 11.4 Å². The number of rotatable bonds is 7. The van der Waals surface area contributed by atoms with Gasteiger partial charge < -0.3 is 9.67 Å². The van der Waals surface area contributed by atoms with Gasteiger partial charge in [-0.1, -0.05) is 171 Å². The van der Waals surface area contributed by atoms with Gasteiger partial charge in [0, 0.05) is 55.0 Å². The molecule has 3 aromatic heterocycles. The fraction of sp³-hybridized carbons (Fsp3) is 0.0690. The van der Waals surface area contributed by atoms with E-state index >= 15 is 0 Å². The van der Waals surface area contributed by atoms with Crippen LogP contribution < -0.4 is 0 Å². The molecule has 0 saturated heterocycles. The van der Waals surface area contributed by atoms with Crippen LogP contribution in [0.15, 0.2) is 200 Å². The van der Waals surface area contributed by atoms with Gasteiger partial charge in [0.25, 0.3) is 0 Å². The number of hydrogen-bond acceptors (Lipinski definition) is 3. The van der Waals surface area contributed by atoms with Crippen molar-refractivity contribution < 1.29 is 26.2 Å². The zero-order chi connectivity index (χ0) is 42.7. The van der Waals surface area contributed by atoms with E-state index in [0.717, 1.165) is 88.9 Å². The molecule has 0 aliphatic heterocycles. The van der Waals surface area contributed by atoms with Crippen LogP contribution in [0.2, 0.25) is 0 Å². The van der Waals surface area contributed by atoms with Crippen molar-refractivity contribution in [2.24, 2.45) is 0 Å². The Morgan fingerprint density at radius 1 is 0.500 bits per heavy atom. The third kappa shape index (κ3) is 7.12. The Hall–Kier alpha value is -7.33. The van der Waals surface area contributed by atoms with Crippen LogP contribution in [0.3, 0.4) is 0 Å². The molecule has 0 aliphatic carbocycles. The van der Waals surface area contributed by atoms with E-state index < -0.39 is 0 Å². The molecular weight excluding hydrogens is 964 g/mol. The Morgan fingerprint density at radius 3 is 1.89 bits per heavy atom. The van der Waals surface area contributed by atoms with E-state index in [1.54, 1.807) is 6.07 Å². The van der Waals surface area contributed by atoms with Crippen molar-refractivity contribution in [2.75, 3.05) is 0 Å². The van der Waals surface area contributed by atoms with E-state index in [1.807, 2.05) is 42.6 Å². The Morgan fingerprint density at radius 2 is 1.14 bits per heavy atom. The number of aromatic nitrogens is 4. The van der Waals surface area contributed by atoms with E-state index in [-0.39, 0.29) is 32.2 Å². The minimum Gasteiger partial charge on any atom is -0.507 e. The fourth-order valence-corrected chi connectivity index (χ4v) is 8.97. The monoisotopic (exact) mass is 1010 g/mol. The van der Waals surface area contributed by atoms with Crippen molar-refractivity contribution in [1.29, 1.82) is 0 Å². The summed E-state index contributed by atoms with van der Waals surface area (Å²) < 4.78 is 4.50. The van der Waals surface area contributed by atoms with Crippen LogP contribution >= 0.6 is 0 Å². The van der Waals surface area contributed by atoms with Gasteiger partial charge in [0.1, 0.15) is 11.6 Å². The van der Waals surface area contributed by atoms with Crippen molar-refractivity contribution in [3.05, 3.63) is 212 Å². The van der Waals surface area contributed by atoms with E-state index in [4.69, 9.17) is 9.97 Å². The Kier molecular flexibility index (Phi) is 10.4. The summed E-state index contributed by atoms with van der Waals surface area (Å²) >= 11 is 0. The molecule has 0 atom stereocenters. The number of para-hydroxylation sites is 4. The van der Waals surface area contributed by atoms with Crippen LogP contribution in [0.1, 0.15) is 26.3 Å². The van der Waals surface area contributed by atoms with Gasteiger partial charge in [-0.15, -0.1) is 23.8 Å². The topological polar surface area (TPSA) is 55.9 Å². The molecule has 0 fully saturated rings. The first-order valence-corrected chi connectivity index (χ1v) is 21.4. The molecule has 5 nitrogen and oxygen atoms in total. The van der Waals surface area contributed by atoms with Crippen LogP contribution in [0.4, 0.5) is 0 Å². The number of imidazole rings is 1. The minimum atomic E-state index is -0.0670.